The van der Waals surface area contributed by atoms with Crippen LogP contribution < -0.4 is 5.32 Å². The average molecular weight is 227 g/mol. The van der Waals surface area contributed by atoms with Gasteiger partial charge in [-0.3, -0.25) is 4.79 Å². The summed E-state index contributed by atoms with van der Waals surface area (Å²) in [5, 5.41) is 11.1. The molecule has 0 aromatic heterocycles. The van der Waals surface area contributed by atoms with Crippen molar-refractivity contribution < 1.29 is 23.8 Å². The largest absolute Gasteiger partial charge is 0.478 e. The SMILES string of the molecule is COCC(=O)Nc1ccc(F)cc1C(=O)O. The Morgan fingerprint density at radius 1 is 1.50 bits per heavy atom. The molecule has 1 aromatic rings. The number of methoxy groups -OCH3 is 1. The van der Waals surface area contributed by atoms with Crippen molar-refractivity contribution in [3.05, 3.63) is 29.6 Å². The first kappa shape index (κ1) is 12.1. The molecule has 0 unspecified atom stereocenters. The van der Waals surface area contributed by atoms with Crippen LogP contribution in [0.2, 0.25) is 0 Å². The van der Waals surface area contributed by atoms with E-state index in [0.29, 0.717) is 0 Å². The number of ether oxygens (including phenoxy) is 1. The number of carbonyl (C=O) groups excluding carboxylic acids is 1. The van der Waals surface area contributed by atoms with Crippen LogP contribution in [0.25, 0.3) is 0 Å². The number of aromatic carboxylic acids is 1. The van der Waals surface area contributed by atoms with Crippen LogP contribution in [-0.4, -0.2) is 30.7 Å². The predicted octanol–water partition coefficient (Wildman–Crippen LogP) is 1.11. The van der Waals surface area contributed by atoms with Gasteiger partial charge in [0.15, 0.2) is 0 Å². The van der Waals surface area contributed by atoms with Crippen LogP contribution in [0.5, 0.6) is 0 Å². The van der Waals surface area contributed by atoms with E-state index in [2.05, 4.69) is 10.1 Å². The maximum absolute atomic E-state index is 12.8. The van der Waals surface area contributed by atoms with Gasteiger partial charge in [-0.1, -0.05) is 0 Å². The van der Waals surface area contributed by atoms with Crippen molar-refractivity contribution in [1.29, 1.82) is 0 Å². The molecule has 0 aliphatic rings. The summed E-state index contributed by atoms with van der Waals surface area (Å²) in [5.41, 5.74) is -0.264. The molecule has 1 aromatic carbocycles. The number of nitrogens with one attached hydrogen (secondary N) is 1. The van der Waals surface area contributed by atoms with E-state index >= 15 is 0 Å². The predicted molar refractivity (Wildman–Crippen MR) is 53.9 cm³/mol. The Kier molecular flexibility index (Phi) is 3.96. The van der Waals surface area contributed by atoms with Crippen molar-refractivity contribution in [3.8, 4) is 0 Å². The fourth-order valence-corrected chi connectivity index (χ4v) is 1.12. The summed E-state index contributed by atoms with van der Waals surface area (Å²) >= 11 is 0. The van der Waals surface area contributed by atoms with E-state index in [-0.39, 0.29) is 17.9 Å². The summed E-state index contributed by atoms with van der Waals surface area (Å²) in [6, 6.07) is 3.09. The van der Waals surface area contributed by atoms with Crippen molar-refractivity contribution in [2.24, 2.45) is 0 Å². The molecule has 2 N–H and O–H groups in total. The van der Waals surface area contributed by atoms with Gasteiger partial charge in [0.1, 0.15) is 12.4 Å². The summed E-state index contributed by atoms with van der Waals surface area (Å²) in [7, 11) is 1.34. The lowest BCUT2D eigenvalue weighted by molar-refractivity contribution is -0.119. The van der Waals surface area contributed by atoms with Gasteiger partial charge in [-0.2, -0.15) is 0 Å². The van der Waals surface area contributed by atoms with E-state index in [9.17, 15) is 14.0 Å². The minimum Gasteiger partial charge on any atom is -0.478 e. The van der Waals surface area contributed by atoms with Crippen molar-refractivity contribution in [1.82, 2.24) is 0 Å². The molecule has 6 heteroatoms. The van der Waals surface area contributed by atoms with E-state index in [1.807, 2.05) is 0 Å². The molecule has 0 atom stereocenters. The van der Waals surface area contributed by atoms with Gasteiger partial charge in [-0.25, -0.2) is 9.18 Å². The van der Waals surface area contributed by atoms with E-state index in [4.69, 9.17) is 5.11 Å². The highest BCUT2D eigenvalue weighted by Gasteiger charge is 2.13. The van der Waals surface area contributed by atoms with Gasteiger partial charge in [0.25, 0.3) is 0 Å². The molecule has 1 amide bonds. The molecule has 0 heterocycles. The van der Waals surface area contributed by atoms with Crippen LogP contribution in [0.1, 0.15) is 10.4 Å². The van der Waals surface area contributed by atoms with E-state index < -0.39 is 17.7 Å². The minimum atomic E-state index is -1.31. The molecule has 0 aliphatic heterocycles. The lowest BCUT2D eigenvalue weighted by atomic mass is 10.1. The Hall–Kier alpha value is -1.95. The number of carbonyl (C=O) groups is 2. The number of anilines is 1. The Labute approximate surface area is 90.8 Å². The third kappa shape index (κ3) is 3.03. The highest BCUT2D eigenvalue weighted by molar-refractivity contribution is 6.00. The molecule has 0 saturated heterocycles. The van der Waals surface area contributed by atoms with Gasteiger partial charge in [-0.05, 0) is 18.2 Å². The molecule has 16 heavy (non-hydrogen) atoms. The second kappa shape index (κ2) is 5.22. The van der Waals surface area contributed by atoms with Crippen molar-refractivity contribution in [3.63, 3.8) is 0 Å². The quantitative estimate of drug-likeness (QED) is 0.807. The molecule has 0 radical (unpaired) electrons. The molecule has 1 rings (SSSR count). The van der Waals surface area contributed by atoms with Crippen LogP contribution in [0.4, 0.5) is 10.1 Å². The second-order valence-corrected chi connectivity index (χ2v) is 2.98. The zero-order chi connectivity index (χ0) is 12.1. The standard InChI is InChI=1S/C10H10FNO4/c1-16-5-9(13)12-8-3-2-6(11)4-7(8)10(14)15/h2-4H,5H2,1H3,(H,12,13)(H,14,15). The van der Waals surface area contributed by atoms with Gasteiger partial charge >= 0.3 is 5.97 Å². The Balaban J connectivity index is 2.95. The zero-order valence-electron chi connectivity index (χ0n) is 8.49. The molecule has 0 spiro atoms. The van der Waals surface area contributed by atoms with Crippen LogP contribution in [0, 0.1) is 5.82 Å². The highest BCUT2D eigenvalue weighted by atomic mass is 19.1. The van der Waals surface area contributed by atoms with Crippen LogP contribution in [0.3, 0.4) is 0 Å². The number of benzene rings is 1. The van der Waals surface area contributed by atoms with Crippen molar-refractivity contribution >= 4 is 17.6 Å². The fourth-order valence-electron chi connectivity index (χ4n) is 1.12. The minimum absolute atomic E-state index is 0.0379. The molecule has 0 aliphatic carbocycles. The van der Waals surface area contributed by atoms with Gasteiger partial charge in [0.2, 0.25) is 5.91 Å². The molecule has 86 valence electrons. The first-order valence-electron chi connectivity index (χ1n) is 4.36. The maximum atomic E-state index is 12.8. The van der Waals surface area contributed by atoms with Crippen molar-refractivity contribution in [2.75, 3.05) is 19.0 Å². The lowest BCUT2D eigenvalue weighted by Gasteiger charge is -2.07. The van der Waals surface area contributed by atoms with Gasteiger partial charge < -0.3 is 15.2 Å². The van der Waals surface area contributed by atoms with Crippen LogP contribution in [0.15, 0.2) is 18.2 Å². The monoisotopic (exact) mass is 227 g/mol. The average Bonchev–Trinajstić information content (AvgIpc) is 2.20. The van der Waals surface area contributed by atoms with E-state index in [0.717, 1.165) is 12.1 Å². The summed E-state index contributed by atoms with van der Waals surface area (Å²) < 4.78 is 17.4. The summed E-state index contributed by atoms with van der Waals surface area (Å²) in [6.07, 6.45) is 0. The lowest BCUT2D eigenvalue weighted by Crippen LogP contribution is -2.19. The Bertz CT molecular complexity index is 419. The normalized spacial score (nSPS) is 9.88. The number of rotatable bonds is 4. The topological polar surface area (TPSA) is 75.6 Å². The highest BCUT2D eigenvalue weighted by Crippen LogP contribution is 2.16. The third-order valence-electron chi connectivity index (χ3n) is 1.76. The first-order chi connectivity index (χ1) is 7.54. The van der Waals surface area contributed by atoms with Crippen LogP contribution >= 0.6 is 0 Å². The van der Waals surface area contributed by atoms with Crippen LogP contribution in [-0.2, 0) is 9.53 Å². The summed E-state index contributed by atoms with van der Waals surface area (Å²) in [6.45, 7) is -0.198. The number of carboxylic acids is 1. The van der Waals surface area contributed by atoms with Gasteiger partial charge in [0, 0.05) is 7.11 Å². The van der Waals surface area contributed by atoms with Gasteiger partial charge in [-0.15, -0.1) is 0 Å². The number of amides is 1. The smallest absolute Gasteiger partial charge is 0.337 e. The summed E-state index contributed by atoms with van der Waals surface area (Å²) in [5.74, 6) is -2.49. The van der Waals surface area contributed by atoms with Crippen molar-refractivity contribution in [2.45, 2.75) is 0 Å². The molecular weight excluding hydrogens is 217 g/mol. The molecule has 0 bridgehead atoms. The Morgan fingerprint density at radius 2 is 2.19 bits per heavy atom. The molecule has 0 saturated carbocycles. The zero-order valence-corrected chi connectivity index (χ0v) is 8.49. The molecule has 0 fully saturated rings. The van der Waals surface area contributed by atoms with Gasteiger partial charge in [0.05, 0.1) is 11.3 Å². The first-order valence-corrected chi connectivity index (χ1v) is 4.36. The molecular formula is C10H10FNO4. The number of hydrogen-bond donors (Lipinski definition) is 2. The molecule has 5 nitrogen and oxygen atoms in total. The fraction of sp³-hybridized carbons (Fsp3) is 0.200. The third-order valence-corrected chi connectivity index (χ3v) is 1.76. The number of carboxylic acid groups (broad SMARTS) is 1. The maximum Gasteiger partial charge on any atom is 0.337 e. The Morgan fingerprint density at radius 3 is 2.75 bits per heavy atom. The summed E-state index contributed by atoms with van der Waals surface area (Å²) in [4.78, 5) is 21.9. The number of hydrogen-bond acceptors (Lipinski definition) is 3. The van der Waals surface area contributed by atoms with E-state index in [1.54, 1.807) is 0 Å². The number of halogens is 1. The van der Waals surface area contributed by atoms with E-state index in [1.165, 1.54) is 13.2 Å². The second-order valence-electron chi connectivity index (χ2n) is 2.98.